The van der Waals surface area contributed by atoms with E-state index in [9.17, 15) is 5.11 Å². The van der Waals surface area contributed by atoms with Crippen molar-refractivity contribution in [1.82, 2.24) is 9.27 Å². The van der Waals surface area contributed by atoms with Gasteiger partial charge in [-0.3, -0.25) is 0 Å². The summed E-state index contributed by atoms with van der Waals surface area (Å²) in [5.74, 6) is 0. The molecule has 0 saturated heterocycles. The molecule has 4 nitrogen and oxygen atoms in total. The number of likely N-dealkylation sites (N-methyl/N-ethyl adjacent to an activating group) is 1. The van der Waals surface area contributed by atoms with Gasteiger partial charge < -0.3 is 14.7 Å². The summed E-state index contributed by atoms with van der Waals surface area (Å²) in [6, 6.07) is 8.14. The predicted octanol–water partition coefficient (Wildman–Crippen LogP) is 5.36. The Morgan fingerprint density at radius 3 is 2.75 bits per heavy atom. The van der Waals surface area contributed by atoms with Crippen molar-refractivity contribution in [3.05, 3.63) is 54.3 Å². The Bertz CT molecular complexity index is 752. The first-order chi connectivity index (χ1) is 13.5. The quantitative estimate of drug-likeness (QED) is 0.362. The minimum Gasteiger partial charge on any atom is -0.386 e. The summed E-state index contributed by atoms with van der Waals surface area (Å²) in [4.78, 5) is 2.28. The van der Waals surface area contributed by atoms with Crippen LogP contribution in [0.3, 0.4) is 0 Å². The van der Waals surface area contributed by atoms with E-state index in [1.54, 1.807) is 0 Å². The summed E-state index contributed by atoms with van der Waals surface area (Å²) in [7, 11) is 2.12. The van der Waals surface area contributed by atoms with Crippen molar-refractivity contribution in [2.24, 2.45) is 0 Å². The largest absolute Gasteiger partial charge is 0.386 e. The first-order valence-electron chi connectivity index (χ1n) is 10.1. The van der Waals surface area contributed by atoms with E-state index in [-0.39, 0.29) is 0 Å². The van der Waals surface area contributed by atoms with Gasteiger partial charge in [-0.25, -0.2) is 0 Å². The molecular weight excluding hydrogens is 368 g/mol. The second kappa shape index (κ2) is 12.1. The van der Waals surface area contributed by atoms with E-state index in [0.29, 0.717) is 6.61 Å². The standard InChI is InChI=1S/C23H34N2O2S/c1-5-14-25(4)15-10-6-7-11-16-27-23(20(26)17-18(2)3)22-19-12-8-9-13-21(19)28-24-22/h5,8-9,12-13,17,20,23,26H,1,6-7,10-11,14-16H2,2-4H3. The molecule has 1 aromatic heterocycles. The first-order valence-corrected chi connectivity index (χ1v) is 10.9. The summed E-state index contributed by atoms with van der Waals surface area (Å²) in [6.45, 7) is 10.4. The topological polar surface area (TPSA) is 45.6 Å². The number of aromatic nitrogens is 1. The van der Waals surface area contributed by atoms with E-state index in [0.717, 1.165) is 47.3 Å². The van der Waals surface area contributed by atoms with Crippen LogP contribution in [0.5, 0.6) is 0 Å². The zero-order chi connectivity index (χ0) is 20.4. The summed E-state index contributed by atoms with van der Waals surface area (Å²) in [6.07, 6.45) is 7.17. The van der Waals surface area contributed by atoms with Crippen LogP contribution in [0, 0.1) is 0 Å². The van der Waals surface area contributed by atoms with Gasteiger partial charge in [-0.2, -0.15) is 4.37 Å². The van der Waals surface area contributed by atoms with Crippen molar-refractivity contribution < 1.29 is 9.84 Å². The molecule has 1 aromatic carbocycles. The fraction of sp³-hybridized carbons (Fsp3) is 0.522. The Morgan fingerprint density at radius 1 is 1.25 bits per heavy atom. The first kappa shape index (κ1) is 22.8. The van der Waals surface area contributed by atoms with Crippen LogP contribution in [0.1, 0.15) is 51.3 Å². The maximum atomic E-state index is 10.7. The van der Waals surface area contributed by atoms with Crippen molar-refractivity contribution in [3.8, 4) is 0 Å². The van der Waals surface area contributed by atoms with Gasteiger partial charge in [-0.1, -0.05) is 48.8 Å². The lowest BCUT2D eigenvalue weighted by atomic mass is 10.0. The molecule has 0 radical (unpaired) electrons. The summed E-state index contributed by atoms with van der Waals surface area (Å²) in [5, 5.41) is 11.8. The normalized spacial score (nSPS) is 13.6. The zero-order valence-electron chi connectivity index (χ0n) is 17.4. The van der Waals surface area contributed by atoms with Crippen molar-refractivity contribution in [1.29, 1.82) is 0 Å². The highest BCUT2D eigenvalue weighted by Gasteiger charge is 2.25. The molecule has 0 aliphatic rings. The molecule has 0 saturated carbocycles. The van der Waals surface area contributed by atoms with Crippen LogP contribution >= 0.6 is 11.5 Å². The van der Waals surface area contributed by atoms with Crippen LogP contribution in [0.25, 0.3) is 10.1 Å². The molecule has 2 atom stereocenters. The number of ether oxygens (including phenoxy) is 1. The number of unbranched alkanes of at least 4 members (excludes halogenated alkanes) is 3. The van der Waals surface area contributed by atoms with Crippen molar-refractivity contribution in [3.63, 3.8) is 0 Å². The molecule has 1 heterocycles. The number of rotatable bonds is 13. The number of nitrogens with zero attached hydrogens (tertiary/aromatic N) is 2. The summed E-state index contributed by atoms with van der Waals surface area (Å²) < 4.78 is 11.9. The van der Waals surface area contributed by atoms with Crippen molar-refractivity contribution >= 4 is 21.6 Å². The van der Waals surface area contributed by atoms with E-state index in [1.165, 1.54) is 24.4 Å². The van der Waals surface area contributed by atoms with E-state index in [4.69, 9.17) is 4.74 Å². The van der Waals surface area contributed by atoms with Gasteiger partial charge in [0.1, 0.15) is 12.2 Å². The number of aliphatic hydroxyl groups excluding tert-OH is 1. The van der Waals surface area contributed by atoms with Gasteiger partial charge in [0.2, 0.25) is 0 Å². The average Bonchev–Trinajstić information content (AvgIpc) is 3.07. The molecule has 1 N–H and O–H groups in total. The highest BCUT2D eigenvalue weighted by atomic mass is 32.1. The van der Waals surface area contributed by atoms with Gasteiger partial charge >= 0.3 is 0 Å². The van der Waals surface area contributed by atoms with Gasteiger partial charge in [0.15, 0.2) is 0 Å². The third-order valence-electron chi connectivity index (χ3n) is 4.66. The molecule has 0 amide bonds. The molecule has 0 fully saturated rings. The number of benzene rings is 1. The van der Waals surface area contributed by atoms with Gasteiger partial charge in [0, 0.05) is 18.5 Å². The summed E-state index contributed by atoms with van der Waals surface area (Å²) in [5.41, 5.74) is 1.92. The van der Waals surface area contributed by atoms with Crippen LogP contribution in [0.2, 0.25) is 0 Å². The Morgan fingerprint density at radius 2 is 2.00 bits per heavy atom. The molecule has 154 valence electrons. The van der Waals surface area contributed by atoms with E-state index in [1.807, 2.05) is 38.1 Å². The van der Waals surface area contributed by atoms with Crippen molar-refractivity contribution in [2.45, 2.75) is 51.7 Å². The highest BCUT2D eigenvalue weighted by Crippen LogP contribution is 2.31. The average molecular weight is 403 g/mol. The van der Waals surface area contributed by atoms with Gasteiger partial charge in [-0.05, 0) is 57.9 Å². The number of allylic oxidation sites excluding steroid dienone is 1. The second-order valence-corrected chi connectivity index (χ2v) is 8.36. The lowest BCUT2D eigenvalue weighted by molar-refractivity contribution is -0.0220. The second-order valence-electron chi connectivity index (χ2n) is 7.56. The molecule has 28 heavy (non-hydrogen) atoms. The number of aliphatic hydroxyl groups is 1. The van der Waals surface area contributed by atoms with Gasteiger partial charge in [0.05, 0.1) is 10.4 Å². The monoisotopic (exact) mass is 402 g/mol. The molecule has 0 spiro atoms. The molecule has 2 aromatic rings. The van der Waals surface area contributed by atoms with E-state index < -0.39 is 12.2 Å². The molecule has 0 bridgehead atoms. The highest BCUT2D eigenvalue weighted by molar-refractivity contribution is 7.13. The minimum atomic E-state index is -0.692. The molecule has 0 aliphatic heterocycles. The molecule has 2 unspecified atom stereocenters. The molecule has 2 rings (SSSR count). The number of hydrogen-bond acceptors (Lipinski definition) is 5. The number of fused-ring (bicyclic) bond motifs is 1. The molecule has 0 aliphatic carbocycles. The van der Waals surface area contributed by atoms with Crippen LogP contribution in [0.4, 0.5) is 0 Å². The Hall–Kier alpha value is -1.53. The maximum Gasteiger partial charge on any atom is 0.130 e. The lowest BCUT2D eigenvalue weighted by Crippen LogP contribution is -2.21. The Labute approximate surface area is 173 Å². The van der Waals surface area contributed by atoms with Crippen LogP contribution in [0.15, 0.2) is 48.6 Å². The van der Waals surface area contributed by atoms with Crippen LogP contribution in [-0.4, -0.2) is 47.2 Å². The predicted molar refractivity (Wildman–Crippen MR) is 120 cm³/mol. The Kier molecular flexibility index (Phi) is 9.85. The third kappa shape index (κ3) is 7.13. The van der Waals surface area contributed by atoms with Crippen molar-refractivity contribution in [2.75, 3.05) is 26.7 Å². The zero-order valence-corrected chi connectivity index (χ0v) is 18.3. The fourth-order valence-electron chi connectivity index (χ4n) is 3.24. The van der Waals surface area contributed by atoms with Gasteiger partial charge in [-0.15, -0.1) is 6.58 Å². The SMILES string of the molecule is C=CCN(C)CCCCCCOC(c1nsc2ccccc12)C(O)C=C(C)C. The molecule has 5 heteroatoms. The Balaban J connectivity index is 1.89. The number of hydrogen-bond donors (Lipinski definition) is 1. The smallest absolute Gasteiger partial charge is 0.130 e. The van der Waals surface area contributed by atoms with Crippen LogP contribution in [-0.2, 0) is 4.74 Å². The van der Waals surface area contributed by atoms with Gasteiger partial charge in [0.25, 0.3) is 0 Å². The fourth-order valence-corrected chi connectivity index (χ4v) is 4.05. The lowest BCUT2D eigenvalue weighted by Gasteiger charge is -2.21. The third-order valence-corrected chi connectivity index (χ3v) is 5.50. The van der Waals surface area contributed by atoms with E-state index >= 15 is 0 Å². The van der Waals surface area contributed by atoms with Crippen LogP contribution < -0.4 is 0 Å². The minimum absolute atomic E-state index is 0.426. The maximum absolute atomic E-state index is 10.7. The molecular formula is C23H34N2O2S. The summed E-state index contributed by atoms with van der Waals surface area (Å²) >= 11 is 1.46. The van der Waals surface area contributed by atoms with E-state index in [2.05, 4.69) is 35.0 Å².